The largest absolute Gasteiger partial charge is 0.493 e. The van der Waals surface area contributed by atoms with E-state index in [-0.39, 0.29) is 5.91 Å². The van der Waals surface area contributed by atoms with Gasteiger partial charge in [0.2, 0.25) is 0 Å². The Kier molecular flexibility index (Phi) is 5.77. The molecule has 11 heteroatoms. The number of benzene rings is 3. The molecule has 1 amide bonds. The van der Waals surface area contributed by atoms with E-state index < -0.39 is 0 Å². The molecule has 3 aromatic heterocycles. The highest BCUT2D eigenvalue weighted by Gasteiger charge is 2.14. The molecule has 3 aromatic carbocycles. The summed E-state index contributed by atoms with van der Waals surface area (Å²) in [6.07, 6.45) is 5.42. The average Bonchev–Trinajstić information content (AvgIpc) is 3.62. The molecule has 3 N–H and O–H groups in total. The number of nitrogens with zero attached hydrogens (tertiary/aromatic N) is 5. The SMILES string of the molecule is COc1ccc(Nc2nc(-c3cccc(C(=O)Nc4ccc5n[nH]nc5c4)c3)cn3ccnc23)cc1OC. The van der Waals surface area contributed by atoms with Crippen LogP contribution in [-0.4, -0.2) is 49.9 Å². The number of amides is 1. The maximum Gasteiger partial charge on any atom is 0.255 e. The van der Waals surface area contributed by atoms with E-state index in [9.17, 15) is 4.79 Å². The second kappa shape index (κ2) is 9.54. The number of nitrogens with one attached hydrogen (secondary N) is 3. The normalized spacial score (nSPS) is 11.0. The average molecular weight is 507 g/mol. The molecule has 0 bridgehead atoms. The van der Waals surface area contributed by atoms with Crippen LogP contribution in [0.3, 0.4) is 0 Å². The van der Waals surface area contributed by atoms with Crippen molar-refractivity contribution in [2.24, 2.45) is 0 Å². The predicted molar refractivity (Wildman–Crippen MR) is 143 cm³/mol. The molecule has 0 spiro atoms. The Morgan fingerprint density at radius 1 is 0.921 bits per heavy atom. The molecule has 188 valence electrons. The Hall–Kier alpha value is -5.45. The van der Waals surface area contributed by atoms with Gasteiger partial charge < -0.3 is 24.5 Å². The summed E-state index contributed by atoms with van der Waals surface area (Å²) < 4.78 is 12.6. The number of hydrogen-bond donors (Lipinski definition) is 3. The van der Waals surface area contributed by atoms with E-state index in [1.54, 1.807) is 50.7 Å². The molecule has 0 aliphatic rings. The van der Waals surface area contributed by atoms with Gasteiger partial charge in [0.25, 0.3) is 5.91 Å². The lowest BCUT2D eigenvalue weighted by Crippen LogP contribution is -2.12. The van der Waals surface area contributed by atoms with Gasteiger partial charge in [-0.2, -0.15) is 15.4 Å². The summed E-state index contributed by atoms with van der Waals surface area (Å²) in [5.41, 5.74) is 5.36. The lowest BCUT2D eigenvalue weighted by atomic mass is 10.1. The fourth-order valence-corrected chi connectivity index (χ4v) is 4.15. The third-order valence-corrected chi connectivity index (χ3v) is 6.02. The standard InChI is InChI=1S/C27H22N8O3/c1-37-23-9-7-19(14-24(23)38-2)29-25-26-28-10-11-35(26)15-22(31-25)16-4-3-5-17(12-16)27(36)30-18-6-8-20-21(13-18)33-34-32-20/h3-15H,1-2H3,(H,29,31)(H,30,36)(H,32,33,34). The summed E-state index contributed by atoms with van der Waals surface area (Å²) in [6.45, 7) is 0. The zero-order chi connectivity index (χ0) is 26.1. The summed E-state index contributed by atoms with van der Waals surface area (Å²) in [7, 11) is 3.18. The second-order valence-electron chi connectivity index (χ2n) is 8.39. The van der Waals surface area contributed by atoms with Crippen molar-refractivity contribution in [1.29, 1.82) is 0 Å². The molecule has 3 heterocycles. The first-order valence-electron chi connectivity index (χ1n) is 11.7. The van der Waals surface area contributed by atoms with Crippen LogP contribution in [0, 0.1) is 0 Å². The molecular formula is C27H22N8O3. The highest BCUT2D eigenvalue weighted by atomic mass is 16.5. The second-order valence-corrected chi connectivity index (χ2v) is 8.39. The van der Waals surface area contributed by atoms with Crippen molar-refractivity contribution in [2.75, 3.05) is 24.9 Å². The van der Waals surface area contributed by atoms with Crippen molar-refractivity contribution in [3.05, 3.63) is 84.8 Å². The third-order valence-electron chi connectivity index (χ3n) is 6.02. The van der Waals surface area contributed by atoms with Crippen LogP contribution in [0.15, 0.2) is 79.3 Å². The van der Waals surface area contributed by atoms with Crippen molar-refractivity contribution in [2.45, 2.75) is 0 Å². The van der Waals surface area contributed by atoms with E-state index >= 15 is 0 Å². The van der Waals surface area contributed by atoms with Crippen LogP contribution in [0.4, 0.5) is 17.2 Å². The van der Waals surface area contributed by atoms with E-state index in [2.05, 4.69) is 31.0 Å². The maximum absolute atomic E-state index is 13.0. The number of aromatic nitrogens is 6. The Labute approximate surface area is 216 Å². The van der Waals surface area contributed by atoms with Gasteiger partial charge in [-0.15, -0.1) is 0 Å². The number of methoxy groups -OCH3 is 2. The van der Waals surface area contributed by atoms with Crippen molar-refractivity contribution >= 4 is 39.8 Å². The van der Waals surface area contributed by atoms with Crippen molar-refractivity contribution in [1.82, 2.24) is 29.8 Å². The molecule has 0 saturated heterocycles. The van der Waals surface area contributed by atoms with Crippen LogP contribution in [0.1, 0.15) is 10.4 Å². The van der Waals surface area contributed by atoms with Crippen LogP contribution < -0.4 is 20.1 Å². The first kappa shape index (κ1) is 23.0. The van der Waals surface area contributed by atoms with E-state index in [4.69, 9.17) is 14.5 Å². The molecule has 0 fully saturated rings. The van der Waals surface area contributed by atoms with Crippen LogP contribution in [0.2, 0.25) is 0 Å². The number of rotatable bonds is 7. The molecule has 38 heavy (non-hydrogen) atoms. The number of carbonyl (C=O) groups excluding carboxylic acids is 1. The lowest BCUT2D eigenvalue weighted by Gasteiger charge is -2.13. The number of hydrogen-bond acceptors (Lipinski definition) is 8. The van der Waals surface area contributed by atoms with E-state index in [0.29, 0.717) is 45.4 Å². The number of fused-ring (bicyclic) bond motifs is 2. The molecule has 6 aromatic rings. The van der Waals surface area contributed by atoms with Gasteiger partial charge in [0.15, 0.2) is 23.0 Å². The van der Waals surface area contributed by atoms with Gasteiger partial charge in [-0.05, 0) is 42.5 Å². The van der Waals surface area contributed by atoms with E-state index in [1.165, 1.54) is 0 Å². The van der Waals surface area contributed by atoms with Gasteiger partial charge in [0.05, 0.1) is 19.9 Å². The number of ether oxygens (including phenoxy) is 2. The molecule has 0 aliphatic heterocycles. The summed E-state index contributed by atoms with van der Waals surface area (Å²) in [5, 5.41) is 16.9. The van der Waals surface area contributed by atoms with Gasteiger partial charge in [0.1, 0.15) is 11.0 Å². The summed E-state index contributed by atoms with van der Waals surface area (Å²) >= 11 is 0. The Morgan fingerprint density at radius 3 is 2.63 bits per heavy atom. The molecule has 6 rings (SSSR count). The van der Waals surface area contributed by atoms with Crippen LogP contribution >= 0.6 is 0 Å². The molecule has 0 atom stereocenters. The highest BCUT2D eigenvalue weighted by Crippen LogP contribution is 2.32. The quantitative estimate of drug-likeness (QED) is 0.284. The summed E-state index contributed by atoms with van der Waals surface area (Å²) in [4.78, 5) is 22.3. The maximum atomic E-state index is 13.0. The molecule has 0 aliphatic carbocycles. The van der Waals surface area contributed by atoms with Gasteiger partial charge in [0, 0.05) is 47.2 Å². The zero-order valence-electron chi connectivity index (χ0n) is 20.5. The van der Waals surface area contributed by atoms with Crippen molar-refractivity contribution in [3.8, 4) is 22.8 Å². The summed E-state index contributed by atoms with van der Waals surface area (Å²) in [5.74, 6) is 1.52. The monoisotopic (exact) mass is 506 g/mol. The molecule has 11 nitrogen and oxygen atoms in total. The summed E-state index contributed by atoms with van der Waals surface area (Å²) in [6, 6.07) is 18.1. The Bertz CT molecular complexity index is 1790. The number of imidazole rings is 1. The van der Waals surface area contributed by atoms with E-state index in [0.717, 1.165) is 16.8 Å². The van der Waals surface area contributed by atoms with E-state index in [1.807, 2.05) is 47.1 Å². The van der Waals surface area contributed by atoms with Crippen molar-refractivity contribution < 1.29 is 14.3 Å². The fourth-order valence-electron chi connectivity index (χ4n) is 4.15. The Balaban J connectivity index is 1.31. The molecular weight excluding hydrogens is 484 g/mol. The minimum Gasteiger partial charge on any atom is -0.493 e. The number of carbonyl (C=O) groups is 1. The first-order valence-corrected chi connectivity index (χ1v) is 11.7. The molecule has 0 saturated carbocycles. The minimum absolute atomic E-state index is 0.248. The zero-order valence-corrected chi connectivity index (χ0v) is 20.5. The molecule has 0 radical (unpaired) electrons. The molecule has 0 unspecified atom stereocenters. The Morgan fingerprint density at radius 2 is 1.76 bits per heavy atom. The number of aromatic amines is 1. The van der Waals surface area contributed by atoms with Crippen LogP contribution in [-0.2, 0) is 0 Å². The highest BCUT2D eigenvalue weighted by molar-refractivity contribution is 6.05. The first-order chi connectivity index (χ1) is 18.6. The van der Waals surface area contributed by atoms with Gasteiger partial charge in [-0.1, -0.05) is 12.1 Å². The number of anilines is 3. The fraction of sp³-hybridized carbons (Fsp3) is 0.0741. The van der Waals surface area contributed by atoms with Crippen molar-refractivity contribution in [3.63, 3.8) is 0 Å². The topological polar surface area (TPSA) is 131 Å². The lowest BCUT2D eigenvalue weighted by molar-refractivity contribution is 0.102. The predicted octanol–water partition coefficient (Wildman–Crippen LogP) is 4.68. The van der Waals surface area contributed by atoms with Crippen LogP contribution in [0.5, 0.6) is 11.5 Å². The third kappa shape index (κ3) is 4.32. The van der Waals surface area contributed by atoms with Crippen LogP contribution in [0.25, 0.3) is 27.9 Å². The minimum atomic E-state index is -0.248. The van der Waals surface area contributed by atoms with Gasteiger partial charge >= 0.3 is 0 Å². The van der Waals surface area contributed by atoms with Gasteiger partial charge in [-0.25, -0.2) is 9.97 Å². The van der Waals surface area contributed by atoms with Gasteiger partial charge in [-0.3, -0.25) is 4.79 Å². The number of H-pyrrole nitrogens is 1. The smallest absolute Gasteiger partial charge is 0.255 e.